The van der Waals surface area contributed by atoms with Gasteiger partial charge >= 0.3 is 6.01 Å². The molecule has 10 nitrogen and oxygen atoms in total. The number of likely N-dealkylation sites (N-methyl/N-ethyl adjacent to an activating group) is 1. The van der Waals surface area contributed by atoms with E-state index in [9.17, 15) is 9.18 Å². The number of ether oxygens (including phenoxy) is 1. The fraction of sp³-hybridized carbons (Fsp3) is 0.368. The molecule has 3 aliphatic rings. The number of benzene rings is 2. The summed E-state index contributed by atoms with van der Waals surface area (Å²) >= 11 is 6.62. The molecule has 1 amide bonds. The van der Waals surface area contributed by atoms with Crippen molar-refractivity contribution in [1.82, 2.24) is 34.7 Å². The lowest BCUT2D eigenvalue weighted by atomic mass is 9.95. The fourth-order valence-corrected chi connectivity index (χ4v) is 8.23. The van der Waals surface area contributed by atoms with E-state index < -0.39 is 17.5 Å². The molecule has 3 saturated heterocycles. The van der Waals surface area contributed by atoms with Gasteiger partial charge in [-0.25, -0.2) is 18.7 Å². The molecule has 3 aromatic heterocycles. The Morgan fingerprint density at radius 3 is 2.80 bits per heavy atom. The first-order valence-electron chi connectivity index (χ1n) is 17.2. The van der Waals surface area contributed by atoms with Crippen LogP contribution in [0.4, 0.5) is 14.6 Å². The molecule has 0 aliphatic carbocycles. The average molecular weight is 711 g/mol. The summed E-state index contributed by atoms with van der Waals surface area (Å²) in [7, 11) is 1.88. The van der Waals surface area contributed by atoms with Crippen LogP contribution in [0.25, 0.3) is 39.0 Å². The van der Waals surface area contributed by atoms with Crippen LogP contribution in [0, 0.1) is 12.7 Å². The van der Waals surface area contributed by atoms with Crippen LogP contribution in [0.15, 0.2) is 60.9 Å². The molecule has 3 fully saturated rings. The summed E-state index contributed by atoms with van der Waals surface area (Å²) in [6, 6.07) is 12.7. The summed E-state index contributed by atoms with van der Waals surface area (Å²) in [5.74, 6) is 0.307. The number of halogens is 3. The standard InChI is InChI=1S/C38H37ClF2N8O2/c1-23-42-15-12-26(44-23)10-11-31(50)48-17-13-27(21-48)47(2)36-29-19-43-34(28-8-3-6-24-7-4-9-30(39)32(24)28)33(41)35(29)45-37(46-36)51-22-38-14-5-16-49(38)20-25(40)18-38/h3-4,6-12,15,19,25,27H,5,13-14,16-18,20-22H2,1-2H3/b11-10+/t25-,27+,38+/m1/s1. The van der Waals surface area contributed by atoms with Gasteiger partial charge in [0.1, 0.15) is 35.6 Å². The first kappa shape index (κ1) is 33.3. The Morgan fingerprint density at radius 2 is 1.96 bits per heavy atom. The zero-order chi connectivity index (χ0) is 35.3. The van der Waals surface area contributed by atoms with Crippen molar-refractivity contribution in [3.63, 3.8) is 0 Å². The molecular formula is C38H37ClF2N8O2. The molecular weight excluding hydrogens is 674 g/mol. The first-order chi connectivity index (χ1) is 24.7. The fourth-order valence-electron chi connectivity index (χ4n) is 7.94. The van der Waals surface area contributed by atoms with Gasteiger partial charge in [0, 0.05) is 73.6 Å². The van der Waals surface area contributed by atoms with Gasteiger partial charge in [0.2, 0.25) is 5.91 Å². The van der Waals surface area contributed by atoms with E-state index in [1.807, 2.05) is 36.2 Å². The third kappa shape index (κ3) is 6.24. The number of rotatable bonds is 8. The molecule has 3 aliphatic heterocycles. The molecule has 13 heteroatoms. The highest BCUT2D eigenvalue weighted by molar-refractivity contribution is 6.36. The van der Waals surface area contributed by atoms with E-state index in [0.717, 1.165) is 24.8 Å². The summed E-state index contributed by atoms with van der Waals surface area (Å²) in [4.78, 5) is 41.5. The van der Waals surface area contributed by atoms with Gasteiger partial charge in [-0.15, -0.1) is 0 Å². The molecule has 2 aromatic carbocycles. The van der Waals surface area contributed by atoms with Crippen molar-refractivity contribution >= 4 is 51.1 Å². The number of carbonyl (C=O) groups excluding carboxylic acids is 1. The van der Waals surface area contributed by atoms with E-state index in [0.29, 0.717) is 71.2 Å². The van der Waals surface area contributed by atoms with E-state index >= 15 is 4.39 Å². The second-order valence-corrected chi connectivity index (χ2v) is 14.1. The maximum atomic E-state index is 16.8. The van der Waals surface area contributed by atoms with Crippen molar-refractivity contribution in [2.24, 2.45) is 0 Å². The number of pyridine rings is 1. The Hall–Kier alpha value is -4.81. The average Bonchev–Trinajstić information content (AvgIpc) is 3.84. The van der Waals surface area contributed by atoms with Gasteiger partial charge in [-0.1, -0.05) is 41.9 Å². The van der Waals surface area contributed by atoms with Crippen LogP contribution >= 0.6 is 11.6 Å². The summed E-state index contributed by atoms with van der Waals surface area (Å²) in [5, 5.41) is 2.45. The lowest BCUT2D eigenvalue weighted by Crippen LogP contribution is -2.43. The zero-order valence-corrected chi connectivity index (χ0v) is 29.2. The molecule has 3 atom stereocenters. The molecule has 0 radical (unpaired) electrons. The van der Waals surface area contributed by atoms with Crippen molar-refractivity contribution in [2.75, 3.05) is 44.7 Å². The van der Waals surface area contributed by atoms with Gasteiger partial charge in [-0.2, -0.15) is 9.97 Å². The topological polar surface area (TPSA) is 100 Å². The Bertz CT molecular complexity index is 2180. The summed E-state index contributed by atoms with van der Waals surface area (Å²) in [5.41, 5.74) is 0.933. The number of aryl methyl sites for hydroxylation is 1. The number of alkyl halides is 1. The van der Waals surface area contributed by atoms with Crippen LogP contribution in [0.3, 0.4) is 0 Å². The molecule has 0 N–H and O–H groups in total. The molecule has 8 rings (SSSR count). The van der Waals surface area contributed by atoms with Crippen LogP contribution in [0.1, 0.15) is 37.2 Å². The number of hydrogen-bond donors (Lipinski definition) is 0. The minimum atomic E-state index is -0.917. The van der Waals surface area contributed by atoms with E-state index in [1.165, 1.54) is 6.08 Å². The molecule has 0 unspecified atom stereocenters. The van der Waals surface area contributed by atoms with Crippen molar-refractivity contribution in [2.45, 2.75) is 50.4 Å². The van der Waals surface area contributed by atoms with Crippen molar-refractivity contribution < 1.29 is 18.3 Å². The monoisotopic (exact) mass is 710 g/mol. The minimum Gasteiger partial charge on any atom is -0.461 e. The van der Waals surface area contributed by atoms with Crippen molar-refractivity contribution in [1.29, 1.82) is 0 Å². The van der Waals surface area contributed by atoms with Crippen LogP contribution in [0.5, 0.6) is 6.01 Å². The van der Waals surface area contributed by atoms with Crippen LogP contribution < -0.4 is 9.64 Å². The van der Waals surface area contributed by atoms with Crippen LogP contribution in [-0.2, 0) is 4.79 Å². The van der Waals surface area contributed by atoms with Gasteiger partial charge in [0.25, 0.3) is 0 Å². The Morgan fingerprint density at radius 1 is 1.12 bits per heavy atom. The molecule has 5 aromatic rings. The van der Waals surface area contributed by atoms with Crippen molar-refractivity contribution in [3.05, 3.63) is 83.3 Å². The highest BCUT2D eigenvalue weighted by Gasteiger charge is 2.49. The van der Waals surface area contributed by atoms with Gasteiger partial charge < -0.3 is 14.5 Å². The summed E-state index contributed by atoms with van der Waals surface area (Å²) in [6.45, 7) is 4.17. The van der Waals surface area contributed by atoms with Crippen LogP contribution in [-0.4, -0.2) is 98.2 Å². The summed E-state index contributed by atoms with van der Waals surface area (Å²) in [6.07, 6.45) is 8.37. The second-order valence-electron chi connectivity index (χ2n) is 13.7. The Labute approximate surface area is 299 Å². The highest BCUT2D eigenvalue weighted by Crippen LogP contribution is 2.41. The number of nitrogens with zero attached hydrogens (tertiary/aromatic N) is 8. The SMILES string of the molecule is Cc1nccc(/C=C/C(=O)N2CC[C@H](N(C)c3nc(OC[C@@]45CCCN4C[C@H](F)C5)nc4c(F)c(-c5cccc6cccc(Cl)c56)ncc34)C2)n1. The zero-order valence-electron chi connectivity index (χ0n) is 28.4. The number of likely N-dealkylation sites (tertiary alicyclic amines) is 1. The largest absolute Gasteiger partial charge is 0.461 e. The smallest absolute Gasteiger partial charge is 0.319 e. The van der Waals surface area contributed by atoms with E-state index in [1.54, 1.807) is 48.5 Å². The molecule has 0 bridgehead atoms. The number of aromatic nitrogens is 5. The Balaban J connectivity index is 1.14. The second kappa shape index (κ2) is 13.4. The molecule has 51 heavy (non-hydrogen) atoms. The minimum absolute atomic E-state index is 0.00823. The highest BCUT2D eigenvalue weighted by atomic mass is 35.5. The lowest BCUT2D eigenvalue weighted by molar-refractivity contribution is -0.124. The van der Waals surface area contributed by atoms with Crippen molar-refractivity contribution in [3.8, 4) is 17.3 Å². The third-order valence-electron chi connectivity index (χ3n) is 10.5. The predicted octanol–water partition coefficient (Wildman–Crippen LogP) is 6.44. The van der Waals surface area contributed by atoms with Crippen LogP contribution in [0.2, 0.25) is 5.02 Å². The lowest BCUT2D eigenvalue weighted by Gasteiger charge is -2.31. The summed E-state index contributed by atoms with van der Waals surface area (Å²) < 4.78 is 37.7. The number of fused-ring (bicyclic) bond motifs is 3. The number of carbonyl (C=O) groups is 1. The quantitative estimate of drug-likeness (QED) is 0.169. The van der Waals surface area contributed by atoms with E-state index in [4.69, 9.17) is 21.3 Å². The Kier molecular flexibility index (Phi) is 8.75. The van der Waals surface area contributed by atoms with Gasteiger partial charge in [0.05, 0.1) is 16.6 Å². The maximum Gasteiger partial charge on any atom is 0.319 e. The number of amides is 1. The molecule has 0 saturated carbocycles. The number of hydrogen-bond acceptors (Lipinski definition) is 9. The van der Waals surface area contributed by atoms with E-state index in [-0.39, 0.29) is 35.8 Å². The predicted molar refractivity (Wildman–Crippen MR) is 193 cm³/mol. The first-order valence-corrected chi connectivity index (χ1v) is 17.6. The molecule has 0 spiro atoms. The molecule has 6 heterocycles. The van der Waals surface area contributed by atoms with E-state index in [2.05, 4.69) is 24.8 Å². The third-order valence-corrected chi connectivity index (χ3v) is 10.8. The maximum absolute atomic E-state index is 16.8. The number of anilines is 1. The van der Waals surface area contributed by atoms with Gasteiger partial charge in [-0.05, 0) is 56.3 Å². The molecule has 262 valence electrons. The van der Waals surface area contributed by atoms with Gasteiger partial charge in [0.15, 0.2) is 5.82 Å². The van der Waals surface area contributed by atoms with Gasteiger partial charge in [-0.3, -0.25) is 14.7 Å². The normalized spacial score (nSPS) is 22.0.